The largest absolute Gasteiger partial charge is 0.379 e. The van der Waals surface area contributed by atoms with Crippen LogP contribution in [-0.4, -0.2) is 17.2 Å². The zero-order valence-electron chi connectivity index (χ0n) is 11.8. The van der Waals surface area contributed by atoms with Crippen molar-refractivity contribution in [1.82, 2.24) is 0 Å². The van der Waals surface area contributed by atoms with Crippen LogP contribution >= 0.6 is 0 Å². The maximum atomic E-state index is 13.3. The highest BCUT2D eigenvalue weighted by Gasteiger charge is 2.45. The highest BCUT2D eigenvalue weighted by Crippen LogP contribution is 2.39. The van der Waals surface area contributed by atoms with Gasteiger partial charge in [0.25, 0.3) is 0 Å². The minimum absolute atomic E-state index is 0.137. The van der Waals surface area contributed by atoms with Crippen LogP contribution in [0.5, 0.6) is 0 Å². The SMILES string of the molecule is Cc1ccc(F)cc1NC1CC(C)(C)OC1(C)C. The van der Waals surface area contributed by atoms with Gasteiger partial charge in [-0.2, -0.15) is 0 Å². The van der Waals surface area contributed by atoms with E-state index in [0.717, 1.165) is 17.7 Å². The van der Waals surface area contributed by atoms with Crippen molar-refractivity contribution in [2.24, 2.45) is 0 Å². The fourth-order valence-electron chi connectivity index (χ4n) is 2.72. The second-order valence-corrected chi connectivity index (χ2v) is 6.33. The second kappa shape index (κ2) is 4.23. The van der Waals surface area contributed by atoms with Gasteiger partial charge in [0, 0.05) is 5.69 Å². The third-order valence-electron chi connectivity index (χ3n) is 3.60. The van der Waals surface area contributed by atoms with E-state index in [0.29, 0.717) is 0 Å². The molecule has 1 aliphatic heterocycles. The van der Waals surface area contributed by atoms with Gasteiger partial charge in [-0.05, 0) is 58.7 Å². The second-order valence-electron chi connectivity index (χ2n) is 6.33. The number of aryl methyl sites for hydroxylation is 1. The highest BCUT2D eigenvalue weighted by molar-refractivity contribution is 5.52. The number of ether oxygens (including phenoxy) is 1. The Balaban J connectivity index is 2.21. The van der Waals surface area contributed by atoms with Crippen molar-refractivity contribution in [2.75, 3.05) is 5.32 Å². The molecule has 0 amide bonds. The van der Waals surface area contributed by atoms with E-state index in [4.69, 9.17) is 4.74 Å². The summed E-state index contributed by atoms with van der Waals surface area (Å²) < 4.78 is 19.3. The Morgan fingerprint density at radius 2 is 1.94 bits per heavy atom. The van der Waals surface area contributed by atoms with E-state index < -0.39 is 0 Å². The van der Waals surface area contributed by atoms with Gasteiger partial charge in [0.2, 0.25) is 0 Å². The molecule has 18 heavy (non-hydrogen) atoms. The maximum absolute atomic E-state index is 13.3. The molecule has 1 unspecified atom stereocenters. The molecule has 1 aromatic rings. The molecule has 1 atom stereocenters. The molecule has 0 saturated carbocycles. The maximum Gasteiger partial charge on any atom is 0.125 e. The lowest BCUT2D eigenvalue weighted by molar-refractivity contribution is -0.0662. The van der Waals surface area contributed by atoms with Gasteiger partial charge in [-0.3, -0.25) is 0 Å². The van der Waals surface area contributed by atoms with E-state index in [-0.39, 0.29) is 23.1 Å². The van der Waals surface area contributed by atoms with Crippen LogP contribution in [0.25, 0.3) is 0 Å². The minimum Gasteiger partial charge on any atom is -0.379 e. The summed E-state index contributed by atoms with van der Waals surface area (Å²) >= 11 is 0. The van der Waals surface area contributed by atoms with Gasteiger partial charge in [-0.1, -0.05) is 6.07 Å². The highest BCUT2D eigenvalue weighted by atomic mass is 19.1. The number of hydrogen-bond donors (Lipinski definition) is 1. The molecule has 0 bridgehead atoms. The predicted octanol–water partition coefficient (Wildman–Crippen LogP) is 3.89. The fourth-order valence-corrected chi connectivity index (χ4v) is 2.72. The molecule has 1 aliphatic rings. The van der Waals surface area contributed by atoms with Crippen LogP contribution in [0.4, 0.5) is 10.1 Å². The summed E-state index contributed by atoms with van der Waals surface area (Å²) in [4.78, 5) is 0. The first-order valence-electron chi connectivity index (χ1n) is 6.42. The van der Waals surface area contributed by atoms with Crippen molar-refractivity contribution in [3.05, 3.63) is 29.6 Å². The Hall–Kier alpha value is -1.09. The van der Waals surface area contributed by atoms with E-state index in [9.17, 15) is 4.39 Å². The van der Waals surface area contributed by atoms with Crippen LogP contribution < -0.4 is 5.32 Å². The molecule has 1 aromatic carbocycles. The minimum atomic E-state index is -0.248. The molecule has 1 fully saturated rings. The Bertz CT molecular complexity index is 454. The summed E-state index contributed by atoms with van der Waals surface area (Å²) in [5.41, 5.74) is 1.52. The van der Waals surface area contributed by atoms with Gasteiger partial charge < -0.3 is 10.1 Å². The van der Waals surface area contributed by atoms with Gasteiger partial charge in [-0.25, -0.2) is 4.39 Å². The first-order valence-corrected chi connectivity index (χ1v) is 6.42. The first kappa shape index (κ1) is 13.3. The van der Waals surface area contributed by atoms with Gasteiger partial charge in [0.15, 0.2) is 0 Å². The Labute approximate surface area is 109 Å². The van der Waals surface area contributed by atoms with Gasteiger partial charge in [-0.15, -0.1) is 0 Å². The first-order chi connectivity index (χ1) is 8.20. The van der Waals surface area contributed by atoms with Crippen molar-refractivity contribution in [2.45, 2.75) is 58.3 Å². The van der Waals surface area contributed by atoms with Crippen LogP contribution in [0, 0.1) is 12.7 Å². The van der Waals surface area contributed by atoms with Crippen molar-refractivity contribution >= 4 is 5.69 Å². The molecule has 1 heterocycles. The molecule has 0 aromatic heterocycles. The normalized spacial score (nSPS) is 25.1. The molecule has 2 rings (SSSR count). The van der Waals surface area contributed by atoms with Gasteiger partial charge >= 0.3 is 0 Å². The third kappa shape index (κ3) is 2.66. The van der Waals surface area contributed by atoms with E-state index in [2.05, 4.69) is 33.0 Å². The lowest BCUT2D eigenvalue weighted by atomic mass is 9.94. The monoisotopic (exact) mass is 251 g/mol. The summed E-state index contributed by atoms with van der Waals surface area (Å²) in [6, 6.07) is 5.02. The van der Waals surface area contributed by atoms with E-state index in [1.807, 2.05) is 6.92 Å². The molecular formula is C15H22FNO. The van der Waals surface area contributed by atoms with E-state index in [1.54, 1.807) is 12.1 Å². The van der Waals surface area contributed by atoms with Crippen LogP contribution in [-0.2, 0) is 4.74 Å². The topological polar surface area (TPSA) is 21.3 Å². The van der Waals surface area contributed by atoms with Crippen LogP contribution in [0.1, 0.15) is 39.7 Å². The summed E-state index contributed by atoms with van der Waals surface area (Å²) in [5.74, 6) is -0.209. The molecular weight excluding hydrogens is 229 g/mol. The molecule has 1 N–H and O–H groups in total. The van der Waals surface area contributed by atoms with Crippen LogP contribution in [0.2, 0.25) is 0 Å². The fraction of sp³-hybridized carbons (Fsp3) is 0.600. The summed E-state index contributed by atoms with van der Waals surface area (Å²) in [5, 5.41) is 3.43. The summed E-state index contributed by atoms with van der Waals surface area (Å²) in [6.45, 7) is 10.3. The zero-order valence-corrected chi connectivity index (χ0v) is 11.8. The quantitative estimate of drug-likeness (QED) is 0.861. The average molecular weight is 251 g/mol. The lowest BCUT2D eigenvalue weighted by Crippen LogP contribution is -2.38. The molecule has 100 valence electrons. The number of halogens is 1. The zero-order chi connectivity index (χ0) is 13.6. The Morgan fingerprint density at radius 3 is 2.50 bits per heavy atom. The van der Waals surface area contributed by atoms with Crippen molar-refractivity contribution in [3.63, 3.8) is 0 Å². The van der Waals surface area contributed by atoms with Gasteiger partial charge in [0.05, 0.1) is 17.2 Å². The molecule has 2 nitrogen and oxygen atoms in total. The molecule has 1 saturated heterocycles. The smallest absolute Gasteiger partial charge is 0.125 e. The molecule has 0 aliphatic carbocycles. The van der Waals surface area contributed by atoms with Crippen LogP contribution in [0.3, 0.4) is 0 Å². The van der Waals surface area contributed by atoms with Crippen molar-refractivity contribution in [3.8, 4) is 0 Å². The molecule has 3 heteroatoms. The Kier molecular flexibility index (Phi) is 3.14. The van der Waals surface area contributed by atoms with E-state index in [1.165, 1.54) is 6.07 Å². The average Bonchev–Trinajstić information content (AvgIpc) is 2.40. The lowest BCUT2D eigenvalue weighted by Gasteiger charge is -2.28. The standard InChI is InChI=1S/C15H22FNO/c1-10-6-7-11(16)8-12(10)17-13-9-14(2,3)18-15(13,4)5/h6-8,13,17H,9H2,1-5H3. The number of anilines is 1. The van der Waals surface area contributed by atoms with Crippen molar-refractivity contribution in [1.29, 1.82) is 0 Å². The van der Waals surface area contributed by atoms with E-state index >= 15 is 0 Å². The van der Waals surface area contributed by atoms with Gasteiger partial charge in [0.1, 0.15) is 5.82 Å². The number of nitrogens with one attached hydrogen (secondary N) is 1. The number of rotatable bonds is 2. The number of benzene rings is 1. The summed E-state index contributed by atoms with van der Waals surface area (Å²) in [7, 11) is 0. The predicted molar refractivity (Wildman–Crippen MR) is 72.4 cm³/mol. The van der Waals surface area contributed by atoms with Crippen LogP contribution in [0.15, 0.2) is 18.2 Å². The third-order valence-corrected chi connectivity index (χ3v) is 3.60. The number of hydrogen-bond acceptors (Lipinski definition) is 2. The van der Waals surface area contributed by atoms with Crippen molar-refractivity contribution < 1.29 is 9.13 Å². The molecule has 0 radical (unpaired) electrons. The Morgan fingerprint density at radius 1 is 1.28 bits per heavy atom. The molecule has 0 spiro atoms. The summed E-state index contributed by atoms with van der Waals surface area (Å²) in [6.07, 6.45) is 0.913.